The summed E-state index contributed by atoms with van der Waals surface area (Å²) in [6.45, 7) is 26.2. The van der Waals surface area contributed by atoms with Gasteiger partial charge in [-0.05, 0) is 216 Å². The van der Waals surface area contributed by atoms with E-state index in [0.29, 0.717) is 49.0 Å². The van der Waals surface area contributed by atoms with Crippen molar-refractivity contribution in [3.8, 4) is 0 Å². The number of Topliss-reactive ketones (excluding diaryl/α,β-unsaturated/α-hetero) is 1. The number of hydrogen-bond acceptors (Lipinski definition) is 12. The van der Waals surface area contributed by atoms with Crippen molar-refractivity contribution in [2.24, 2.45) is 41.4 Å². The summed E-state index contributed by atoms with van der Waals surface area (Å²) in [5.41, 5.74) is 6.40. The first-order valence-corrected chi connectivity index (χ1v) is 39.1. The number of aliphatic hydroxyl groups excluding tert-OH is 3. The van der Waals surface area contributed by atoms with Crippen LogP contribution >= 0.6 is 0 Å². The molecular weight excluding hydrogens is 1190 g/mol. The van der Waals surface area contributed by atoms with E-state index in [1.54, 1.807) is 11.1 Å². The van der Waals surface area contributed by atoms with Crippen molar-refractivity contribution < 1.29 is 58.2 Å². The summed E-state index contributed by atoms with van der Waals surface area (Å²) >= 11 is 0. The van der Waals surface area contributed by atoms with Crippen LogP contribution in [-0.4, -0.2) is 96.1 Å². The second kappa shape index (κ2) is 57.5. The van der Waals surface area contributed by atoms with E-state index < -0.39 is 11.9 Å². The maximum atomic E-state index is 10.6. The zero-order chi connectivity index (χ0) is 70.4. The fourth-order valence-electron chi connectivity index (χ4n) is 15.2. The Morgan fingerprint density at radius 1 is 0.568 bits per heavy atom. The average Bonchev–Trinajstić information content (AvgIpc) is 0.851. The van der Waals surface area contributed by atoms with Gasteiger partial charge in [-0.3, -0.25) is 19.2 Å². The van der Waals surface area contributed by atoms with E-state index >= 15 is 0 Å². The molecule has 2 aliphatic heterocycles. The molecule has 5 saturated carbocycles. The average molecular weight is 1340 g/mol. The Morgan fingerprint density at radius 2 is 1.03 bits per heavy atom. The minimum atomic E-state index is -0.562. The van der Waals surface area contributed by atoms with Crippen LogP contribution in [0, 0.1) is 41.4 Å². The van der Waals surface area contributed by atoms with Crippen molar-refractivity contribution in [3.63, 3.8) is 0 Å². The summed E-state index contributed by atoms with van der Waals surface area (Å²) in [6, 6.07) is 0. The van der Waals surface area contributed by atoms with E-state index in [-0.39, 0.29) is 18.2 Å². The molecule has 0 radical (unpaired) electrons. The first kappa shape index (κ1) is 89.7. The first-order valence-electron chi connectivity index (χ1n) is 39.1. The predicted octanol–water partition coefficient (Wildman–Crippen LogP) is 21.3. The number of carbonyl (C=O) groups excluding carboxylic acids is 5. The molecule has 0 bridgehead atoms. The lowest BCUT2D eigenvalue weighted by molar-refractivity contribution is -0.156. The number of allylic oxidation sites excluding steroid dienone is 4. The van der Waals surface area contributed by atoms with Crippen LogP contribution in [-0.2, 0) is 42.9 Å². The third-order valence-corrected chi connectivity index (χ3v) is 20.5. The zero-order valence-corrected chi connectivity index (χ0v) is 63.1. The molecule has 0 amide bonds. The quantitative estimate of drug-likeness (QED) is 0.0482. The summed E-state index contributed by atoms with van der Waals surface area (Å²) in [6.07, 6.45) is 65.0. The smallest absolute Gasteiger partial charge is 0.310 e. The third-order valence-electron chi connectivity index (χ3n) is 20.5. The van der Waals surface area contributed by atoms with E-state index in [1.165, 1.54) is 257 Å². The van der Waals surface area contributed by atoms with Gasteiger partial charge in [0.15, 0.2) is 0 Å². The van der Waals surface area contributed by atoms with Gasteiger partial charge in [-0.25, -0.2) is 0 Å². The fourth-order valence-corrected chi connectivity index (χ4v) is 15.2. The number of hydrogen-bond donors (Lipinski definition) is 3. The lowest BCUT2D eigenvalue weighted by atomic mass is 9.77. The largest absolute Gasteiger partial charge is 0.466 e. The van der Waals surface area contributed by atoms with Crippen LogP contribution in [0.1, 0.15) is 358 Å². The lowest BCUT2D eigenvalue weighted by Gasteiger charge is -2.42. The van der Waals surface area contributed by atoms with E-state index in [9.17, 15) is 24.0 Å². The molecule has 1 saturated heterocycles. The van der Waals surface area contributed by atoms with Crippen LogP contribution < -0.4 is 0 Å². The number of ether oxygens (including phenoxy) is 4. The maximum absolute atomic E-state index is 10.6. The van der Waals surface area contributed by atoms with Crippen LogP contribution in [0.2, 0.25) is 0 Å². The van der Waals surface area contributed by atoms with Gasteiger partial charge in [0.05, 0.1) is 24.4 Å². The van der Waals surface area contributed by atoms with Crippen LogP contribution in [0.5, 0.6) is 0 Å². The second-order valence-corrected chi connectivity index (χ2v) is 30.7. The molecule has 0 aromatic carbocycles. The summed E-state index contributed by atoms with van der Waals surface area (Å²) in [5, 5.41) is 25.7. The number of carbonyl (C=O) groups is 5. The van der Waals surface area contributed by atoms with Gasteiger partial charge in [-0.1, -0.05) is 184 Å². The summed E-state index contributed by atoms with van der Waals surface area (Å²) in [7, 11) is 0. The molecule has 6 fully saturated rings. The van der Waals surface area contributed by atoms with E-state index in [4.69, 9.17) is 29.5 Å². The Morgan fingerprint density at radius 3 is 1.42 bits per heavy atom. The standard InChI is InChI=1S/C13H22O2.C11H20O.C11H18O.C11H22O.2C11H20O.C6H10O.C5H10O.C4H6O3/c1-11(8-9-15-12(2)14)10-13-6-4-3-5-7-13;2*1-10-5-8-12-11(9-10)6-3-2-4-7-11;3*1-10(7-8-12)9-11-5-3-2-4-6-11;7-6-4-2-1-3-5-6;1-5(2)3-4-6;1-3(5)7-4(2)6/h6,11H,3-5,7-10H2,1-2H3;10H,2-9H2,1H3;5H,2-4,6-9H2,1H3;10-12H,2-9H2,1H3;8,10-11H,2-7,9H2,1H3;5,10,12H,2-4,6-9H2,1H3;1-5H2;6H,1,3-4H2,2H3;1-2H3. The monoisotopic (exact) mass is 1340 g/mol. The molecule has 12 heteroatoms. The SMILES string of the molecule is C=C(C)CCO.CC(=O)OC(C)=O.CC(=O)OCCC(C)CC1=CCCCC1.CC(CC=O)CC1CCCCC1.CC(CCO)CC1=CCCCC1.CC(CCO)CC1CCCCC1.CC1=CCOC2(CCCCC2)C1.CC1CCOC2(CCCCC2)C1.O=C1CCCCC1. The molecule has 95 heavy (non-hydrogen) atoms. The highest BCUT2D eigenvalue weighted by Gasteiger charge is 2.37. The van der Waals surface area contributed by atoms with Crippen molar-refractivity contribution in [1.29, 1.82) is 0 Å². The molecule has 2 heterocycles. The van der Waals surface area contributed by atoms with Gasteiger partial charge < -0.3 is 39.1 Å². The molecule has 552 valence electrons. The normalized spacial score (nSPS) is 21.9. The molecule has 5 unspecified atom stereocenters. The minimum Gasteiger partial charge on any atom is -0.466 e. The molecule has 0 aromatic rings. The molecule has 5 atom stereocenters. The molecule has 9 aliphatic rings. The van der Waals surface area contributed by atoms with E-state index in [0.717, 1.165) is 107 Å². The second-order valence-electron chi connectivity index (χ2n) is 30.7. The van der Waals surface area contributed by atoms with Crippen LogP contribution in [0.15, 0.2) is 47.1 Å². The highest BCUT2D eigenvalue weighted by Crippen LogP contribution is 2.41. The Kier molecular flexibility index (Phi) is 54.3. The van der Waals surface area contributed by atoms with Gasteiger partial charge in [0, 0.05) is 66.5 Å². The number of ketones is 1. The van der Waals surface area contributed by atoms with Gasteiger partial charge in [-0.15, -0.1) is 6.58 Å². The van der Waals surface area contributed by atoms with Crippen molar-refractivity contribution in [2.75, 3.05) is 39.6 Å². The molecule has 12 nitrogen and oxygen atoms in total. The van der Waals surface area contributed by atoms with Gasteiger partial charge in [0.1, 0.15) is 12.1 Å². The van der Waals surface area contributed by atoms with Crippen LogP contribution in [0.4, 0.5) is 0 Å². The predicted molar refractivity (Wildman–Crippen MR) is 394 cm³/mol. The Bertz CT molecular complexity index is 2040. The summed E-state index contributed by atoms with van der Waals surface area (Å²) in [5.74, 6) is 4.62. The van der Waals surface area contributed by atoms with Crippen LogP contribution in [0.3, 0.4) is 0 Å². The van der Waals surface area contributed by atoms with Crippen molar-refractivity contribution in [3.05, 3.63) is 47.1 Å². The highest BCUT2D eigenvalue weighted by molar-refractivity contribution is 5.82. The molecule has 7 aliphatic carbocycles. The summed E-state index contributed by atoms with van der Waals surface area (Å²) in [4.78, 5) is 50.9. The molecule has 2 spiro atoms. The topological polar surface area (TPSA) is 183 Å². The van der Waals surface area contributed by atoms with Gasteiger partial charge in [-0.2, -0.15) is 0 Å². The van der Waals surface area contributed by atoms with Crippen molar-refractivity contribution >= 4 is 30.0 Å². The lowest BCUT2D eigenvalue weighted by Crippen LogP contribution is -2.40. The van der Waals surface area contributed by atoms with Crippen LogP contribution in [0.25, 0.3) is 0 Å². The summed E-state index contributed by atoms with van der Waals surface area (Å²) < 4.78 is 20.8. The van der Waals surface area contributed by atoms with Gasteiger partial charge in [0.2, 0.25) is 0 Å². The number of esters is 3. The Hall–Kier alpha value is -3.29. The molecule has 3 N–H and O–H groups in total. The minimum absolute atomic E-state index is 0.168. The maximum Gasteiger partial charge on any atom is 0.310 e. The number of rotatable bonds is 19. The number of aliphatic hydroxyl groups is 3. The third kappa shape index (κ3) is 50.7. The molecule has 0 aromatic heterocycles. The fraction of sp³-hybridized carbons (Fsp3) is 0.843. The molecule has 9 rings (SSSR count). The van der Waals surface area contributed by atoms with Crippen molar-refractivity contribution in [1.82, 2.24) is 0 Å². The van der Waals surface area contributed by atoms with E-state index in [2.05, 4.69) is 71.1 Å². The van der Waals surface area contributed by atoms with Crippen molar-refractivity contribution in [2.45, 2.75) is 369 Å². The zero-order valence-electron chi connectivity index (χ0n) is 63.1. The van der Waals surface area contributed by atoms with E-state index in [1.807, 2.05) is 6.92 Å². The molecular formula is C83H148O12. The number of aldehydes is 1. The van der Waals surface area contributed by atoms with Gasteiger partial charge in [0.25, 0.3) is 0 Å². The Labute approximate surface area is 583 Å². The van der Waals surface area contributed by atoms with Gasteiger partial charge >= 0.3 is 17.9 Å². The first-order chi connectivity index (χ1) is 45.6. The highest BCUT2D eigenvalue weighted by atomic mass is 16.6. The Balaban J connectivity index is 0.000000541.